The van der Waals surface area contributed by atoms with Gasteiger partial charge >= 0.3 is 0 Å². The first-order chi connectivity index (χ1) is 28.2. The molecule has 6 heteroatoms. The van der Waals surface area contributed by atoms with Gasteiger partial charge in [0.25, 0.3) is 0 Å². The molecule has 0 saturated carbocycles. The van der Waals surface area contributed by atoms with E-state index in [1.54, 1.807) is 0 Å². The number of nitrogens with zero attached hydrogens (tertiary/aromatic N) is 3. The Bertz CT molecular complexity index is 3470. The van der Waals surface area contributed by atoms with Gasteiger partial charge in [-0.2, -0.15) is 0 Å². The summed E-state index contributed by atoms with van der Waals surface area (Å²) in [6.45, 7) is 0. The van der Waals surface area contributed by atoms with Crippen LogP contribution in [0.5, 0.6) is 0 Å². The average molecular weight is 764 g/mol. The summed E-state index contributed by atoms with van der Waals surface area (Å²) in [4.78, 5) is 14.9. The Balaban J connectivity index is 0.978. The summed E-state index contributed by atoms with van der Waals surface area (Å²) in [5, 5.41) is 7.33. The molecule has 0 aliphatic carbocycles. The Labute approximate surface area is 335 Å². The van der Waals surface area contributed by atoms with E-state index < -0.39 is 0 Å². The molecular weight excluding hydrogens is 735 g/mol. The van der Waals surface area contributed by atoms with E-state index in [1.807, 2.05) is 95.5 Å². The number of aromatic nitrogens is 3. The van der Waals surface area contributed by atoms with Crippen molar-refractivity contribution in [3.05, 3.63) is 176 Å². The highest BCUT2D eigenvalue weighted by Crippen LogP contribution is 2.47. The highest BCUT2D eigenvalue weighted by molar-refractivity contribution is 7.26. The second kappa shape index (κ2) is 12.8. The van der Waals surface area contributed by atoms with Crippen LogP contribution in [0.25, 0.3) is 119 Å². The monoisotopic (exact) mass is 763 g/mol. The summed E-state index contributed by atoms with van der Waals surface area (Å²) < 4.78 is 11.4. The zero-order valence-corrected chi connectivity index (χ0v) is 31.9. The molecule has 0 aliphatic heterocycles. The zero-order valence-electron chi connectivity index (χ0n) is 30.3. The summed E-state index contributed by atoms with van der Waals surface area (Å²) in [5.41, 5.74) is 9.54. The van der Waals surface area contributed by atoms with E-state index in [9.17, 15) is 0 Å². The lowest BCUT2D eigenvalue weighted by molar-refractivity contribution is 0.669. The van der Waals surface area contributed by atoms with E-state index in [-0.39, 0.29) is 0 Å². The number of fused-ring (bicyclic) bond motifs is 9. The van der Waals surface area contributed by atoms with Gasteiger partial charge in [0.1, 0.15) is 11.2 Å². The van der Waals surface area contributed by atoms with Crippen molar-refractivity contribution in [1.29, 1.82) is 0 Å². The molecule has 0 unspecified atom stereocenters. The number of rotatable bonds is 5. The van der Waals surface area contributed by atoms with Crippen LogP contribution in [0.3, 0.4) is 0 Å². The number of thiophene rings is 2. The third-order valence-electron chi connectivity index (χ3n) is 11.0. The van der Waals surface area contributed by atoms with Gasteiger partial charge in [0.15, 0.2) is 17.5 Å². The molecule has 0 aliphatic rings. The minimum atomic E-state index is 0.661. The van der Waals surface area contributed by atoms with Gasteiger partial charge in [-0.1, -0.05) is 140 Å². The number of benzene rings is 8. The lowest BCUT2D eigenvalue weighted by Crippen LogP contribution is -1.99. The van der Waals surface area contributed by atoms with Crippen molar-refractivity contribution in [3.63, 3.8) is 0 Å². The molecule has 0 amide bonds. The SMILES string of the molecule is c1ccc(-c2nc(-c3ccccc3)nc(-c3ccc4c(c3)sc3cc(-c5ccc(-c6ccc7c(c6)oc6ccccc67)c6c5sc5ccccc56)ccc34)n2)cc1. The molecule has 57 heavy (non-hydrogen) atoms. The average Bonchev–Trinajstić information content (AvgIpc) is 3.97. The van der Waals surface area contributed by atoms with E-state index >= 15 is 0 Å². The lowest BCUT2D eigenvalue weighted by Gasteiger charge is -2.10. The smallest absolute Gasteiger partial charge is 0.164 e. The molecule has 0 radical (unpaired) electrons. The fourth-order valence-electron chi connectivity index (χ4n) is 8.21. The lowest BCUT2D eigenvalue weighted by atomic mass is 9.94. The van der Waals surface area contributed by atoms with E-state index in [4.69, 9.17) is 19.4 Å². The molecule has 12 rings (SSSR count). The maximum absolute atomic E-state index is 6.33. The van der Waals surface area contributed by atoms with Crippen molar-refractivity contribution in [2.75, 3.05) is 0 Å². The fourth-order valence-corrected chi connectivity index (χ4v) is 10.7. The molecule has 0 saturated heterocycles. The van der Waals surface area contributed by atoms with Gasteiger partial charge in [0.05, 0.1) is 0 Å². The first-order valence-corrected chi connectivity index (χ1v) is 20.6. The molecule has 0 spiro atoms. The zero-order chi connectivity index (χ0) is 37.5. The Kier molecular flexibility index (Phi) is 7.24. The second-order valence-electron chi connectivity index (χ2n) is 14.3. The standard InChI is InChI=1S/C51H29N3OS2/c1-3-11-30(12-4-1)49-52-50(31-13-5-2-6-14-31)54-51(53-49)34-21-24-40-39-23-20-33(28-45(39)56-46(40)29-34)36-26-25-35(47-41-16-8-10-18-44(41)57-48(36)47)32-19-22-38-37-15-7-9-17-42(37)55-43(38)27-32/h1-29H. The van der Waals surface area contributed by atoms with Gasteiger partial charge in [-0.15, -0.1) is 22.7 Å². The van der Waals surface area contributed by atoms with Crippen LogP contribution in [0.2, 0.25) is 0 Å². The second-order valence-corrected chi connectivity index (χ2v) is 16.5. The van der Waals surface area contributed by atoms with Crippen LogP contribution in [0.1, 0.15) is 0 Å². The Hall–Kier alpha value is -6.99. The Morgan fingerprint density at radius 1 is 0.333 bits per heavy atom. The minimum absolute atomic E-state index is 0.661. The van der Waals surface area contributed by atoms with Crippen molar-refractivity contribution in [2.45, 2.75) is 0 Å². The van der Waals surface area contributed by atoms with Crippen LogP contribution in [0.4, 0.5) is 0 Å². The number of para-hydroxylation sites is 1. The number of hydrogen-bond donors (Lipinski definition) is 0. The number of hydrogen-bond acceptors (Lipinski definition) is 6. The molecule has 0 N–H and O–H groups in total. The van der Waals surface area contributed by atoms with Gasteiger partial charge in [0, 0.05) is 67.8 Å². The van der Waals surface area contributed by atoms with Gasteiger partial charge in [-0.05, 0) is 58.7 Å². The quantitative estimate of drug-likeness (QED) is 0.175. The van der Waals surface area contributed by atoms with Crippen LogP contribution >= 0.6 is 22.7 Å². The van der Waals surface area contributed by atoms with Crippen LogP contribution in [-0.2, 0) is 0 Å². The van der Waals surface area contributed by atoms with Crippen LogP contribution in [-0.4, -0.2) is 15.0 Å². The molecule has 0 fully saturated rings. The van der Waals surface area contributed by atoms with Crippen molar-refractivity contribution >= 4 is 85.0 Å². The summed E-state index contributed by atoms with van der Waals surface area (Å²) in [6.07, 6.45) is 0. The van der Waals surface area contributed by atoms with Crippen LogP contribution < -0.4 is 0 Å². The molecule has 0 atom stereocenters. The van der Waals surface area contributed by atoms with E-state index in [0.29, 0.717) is 17.5 Å². The highest BCUT2D eigenvalue weighted by Gasteiger charge is 2.19. The molecule has 4 aromatic heterocycles. The fraction of sp³-hybridized carbons (Fsp3) is 0. The van der Waals surface area contributed by atoms with Crippen molar-refractivity contribution < 1.29 is 4.42 Å². The number of furan rings is 1. The minimum Gasteiger partial charge on any atom is -0.456 e. The Morgan fingerprint density at radius 3 is 1.58 bits per heavy atom. The molecule has 266 valence electrons. The van der Waals surface area contributed by atoms with Crippen LogP contribution in [0, 0.1) is 0 Å². The molecule has 4 nitrogen and oxygen atoms in total. The summed E-state index contributed by atoms with van der Waals surface area (Å²) in [5.74, 6) is 1.98. The Morgan fingerprint density at radius 2 is 0.860 bits per heavy atom. The summed E-state index contributed by atoms with van der Waals surface area (Å²) >= 11 is 3.68. The summed E-state index contributed by atoms with van der Waals surface area (Å²) in [6, 6.07) is 62.1. The van der Waals surface area contributed by atoms with Gasteiger partial charge in [0.2, 0.25) is 0 Å². The molecule has 0 bridgehead atoms. The normalized spacial score (nSPS) is 11.9. The predicted molar refractivity (Wildman–Crippen MR) is 240 cm³/mol. The maximum atomic E-state index is 6.33. The molecule has 12 aromatic rings. The molecular formula is C51H29N3OS2. The van der Waals surface area contributed by atoms with Crippen LogP contribution in [0.15, 0.2) is 180 Å². The van der Waals surface area contributed by atoms with E-state index in [1.165, 1.54) is 57.0 Å². The summed E-state index contributed by atoms with van der Waals surface area (Å²) in [7, 11) is 0. The maximum Gasteiger partial charge on any atom is 0.164 e. The van der Waals surface area contributed by atoms with Crippen molar-refractivity contribution in [3.8, 4) is 56.4 Å². The third-order valence-corrected chi connectivity index (χ3v) is 13.3. The predicted octanol–water partition coefficient (Wildman–Crippen LogP) is 14.8. The third kappa shape index (κ3) is 5.30. The van der Waals surface area contributed by atoms with E-state index in [0.717, 1.165) is 44.2 Å². The van der Waals surface area contributed by atoms with Crippen molar-refractivity contribution in [2.24, 2.45) is 0 Å². The van der Waals surface area contributed by atoms with Crippen molar-refractivity contribution in [1.82, 2.24) is 15.0 Å². The topological polar surface area (TPSA) is 51.8 Å². The van der Waals surface area contributed by atoms with Gasteiger partial charge in [-0.3, -0.25) is 0 Å². The van der Waals surface area contributed by atoms with Gasteiger partial charge < -0.3 is 4.42 Å². The first-order valence-electron chi connectivity index (χ1n) is 18.9. The molecule has 8 aromatic carbocycles. The largest absolute Gasteiger partial charge is 0.456 e. The highest BCUT2D eigenvalue weighted by atomic mass is 32.1. The van der Waals surface area contributed by atoms with E-state index in [2.05, 4.69) is 103 Å². The first kappa shape index (κ1) is 32.3. The molecule has 4 heterocycles. The van der Waals surface area contributed by atoms with Gasteiger partial charge in [-0.25, -0.2) is 15.0 Å².